The number of halogens is 1. The van der Waals surface area contributed by atoms with Gasteiger partial charge in [0, 0.05) is 36.9 Å². The molecule has 1 fully saturated rings. The largest absolute Gasteiger partial charge is 0.311 e. The van der Waals surface area contributed by atoms with Gasteiger partial charge in [0.15, 0.2) is 5.13 Å². The van der Waals surface area contributed by atoms with Gasteiger partial charge in [0.25, 0.3) is 10.0 Å². The summed E-state index contributed by atoms with van der Waals surface area (Å²) in [6.45, 7) is 1.86. The third-order valence-corrected chi connectivity index (χ3v) is 8.11. The smallest absolute Gasteiger partial charge is 0.263 e. The van der Waals surface area contributed by atoms with Crippen molar-refractivity contribution in [1.82, 2.24) is 9.88 Å². The van der Waals surface area contributed by atoms with Crippen molar-refractivity contribution < 1.29 is 17.6 Å². The van der Waals surface area contributed by atoms with Gasteiger partial charge in [-0.05, 0) is 60.4 Å². The van der Waals surface area contributed by atoms with Crippen LogP contribution in [-0.4, -0.2) is 43.3 Å². The summed E-state index contributed by atoms with van der Waals surface area (Å²) in [7, 11) is -3.74. The molecule has 166 valence electrons. The molecule has 1 amide bonds. The lowest BCUT2D eigenvalue weighted by Gasteiger charge is -2.32. The topological polar surface area (TPSA) is 82.6 Å². The van der Waals surface area contributed by atoms with E-state index < -0.39 is 10.0 Å². The van der Waals surface area contributed by atoms with Crippen LogP contribution in [0.2, 0.25) is 0 Å². The summed E-state index contributed by atoms with van der Waals surface area (Å²) in [6.07, 6.45) is 2.99. The molecule has 2 aliphatic heterocycles. The van der Waals surface area contributed by atoms with E-state index in [1.54, 1.807) is 28.5 Å². The SMILES string of the molecule is O=C1[C@@H](N2CCc3ccc(F)cc3C2)CCN1c1ccc(S(=O)(=O)Nc2nccs2)cc1. The zero-order chi connectivity index (χ0) is 22.3. The van der Waals surface area contributed by atoms with Crippen molar-refractivity contribution in [2.75, 3.05) is 22.7 Å². The van der Waals surface area contributed by atoms with Crippen molar-refractivity contribution in [3.63, 3.8) is 0 Å². The lowest BCUT2D eigenvalue weighted by molar-refractivity contribution is -0.122. The normalized spacial score (nSPS) is 19.2. The van der Waals surface area contributed by atoms with Crippen LogP contribution < -0.4 is 9.62 Å². The minimum Gasteiger partial charge on any atom is -0.311 e. The number of aromatic nitrogens is 1. The number of nitrogens with zero attached hydrogens (tertiary/aromatic N) is 3. The number of hydrogen-bond donors (Lipinski definition) is 1. The summed E-state index contributed by atoms with van der Waals surface area (Å²) < 4.78 is 41.1. The number of carbonyl (C=O) groups is 1. The van der Waals surface area contributed by atoms with Crippen LogP contribution in [0.15, 0.2) is 58.9 Å². The standard InChI is InChI=1S/C22H21FN4O3S2/c23-17-2-1-15-7-10-26(14-16(15)13-17)20-8-11-27(21(20)28)18-3-5-19(6-4-18)32(29,30)25-22-24-9-12-31-22/h1-6,9,12-13,20H,7-8,10-11,14H2,(H,24,25)/t20-/m0/s1. The first-order valence-corrected chi connectivity index (χ1v) is 12.6. The molecular weight excluding hydrogens is 451 g/mol. The van der Waals surface area contributed by atoms with Gasteiger partial charge in [0.1, 0.15) is 5.82 Å². The van der Waals surface area contributed by atoms with Gasteiger partial charge in [-0.25, -0.2) is 17.8 Å². The lowest BCUT2D eigenvalue weighted by Crippen LogP contribution is -2.44. The van der Waals surface area contributed by atoms with Crippen LogP contribution in [0.4, 0.5) is 15.2 Å². The predicted molar refractivity (Wildman–Crippen MR) is 121 cm³/mol. The van der Waals surface area contributed by atoms with Gasteiger partial charge in [-0.2, -0.15) is 0 Å². The van der Waals surface area contributed by atoms with Crippen LogP contribution in [0.25, 0.3) is 0 Å². The average Bonchev–Trinajstić information content (AvgIpc) is 3.42. The number of rotatable bonds is 5. The Bertz CT molecular complexity index is 1250. The molecule has 1 saturated heterocycles. The van der Waals surface area contributed by atoms with E-state index in [1.807, 2.05) is 6.07 Å². The highest BCUT2D eigenvalue weighted by Gasteiger charge is 2.37. The number of sulfonamides is 1. The van der Waals surface area contributed by atoms with Crippen molar-refractivity contribution in [2.24, 2.45) is 0 Å². The van der Waals surface area contributed by atoms with E-state index in [0.717, 1.165) is 24.1 Å². The third kappa shape index (κ3) is 4.01. The predicted octanol–water partition coefficient (Wildman–Crippen LogP) is 3.25. The highest BCUT2D eigenvalue weighted by Crippen LogP contribution is 2.29. The molecule has 1 aromatic heterocycles. The molecule has 0 unspecified atom stereocenters. The molecule has 5 rings (SSSR count). The summed E-state index contributed by atoms with van der Waals surface area (Å²) >= 11 is 1.20. The van der Waals surface area contributed by atoms with Crippen molar-refractivity contribution >= 4 is 38.1 Å². The Morgan fingerprint density at radius 1 is 1.09 bits per heavy atom. The summed E-state index contributed by atoms with van der Waals surface area (Å²) in [5.41, 5.74) is 2.73. The molecule has 2 aromatic carbocycles. The van der Waals surface area contributed by atoms with Gasteiger partial charge in [-0.3, -0.25) is 14.4 Å². The number of benzene rings is 2. The van der Waals surface area contributed by atoms with E-state index in [0.29, 0.717) is 30.3 Å². The molecule has 2 aliphatic rings. The van der Waals surface area contributed by atoms with Gasteiger partial charge in [-0.1, -0.05) is 6.07 Å². The Labute approximate surface area is 189 Å². The van der Waals surface area contributed by atoms with Crippen molar-refractivity contribution in [3.05, 3.63) is 71.0 Å². The number of thiazole rings is 1. The van der Waals surface area contributed by atoms with Crippen LogP contribution in [0.5, 0.6) is 0 Å². The second kappa shape index (κ2) is 8.27. The Morgan fingerprint density at radius 3 is 2.66 bits per heavy atom. The second-order valence-corrected chi connectivity index (χ2v) is 10.4. The highest BCUT2D eigenvalue weighted by atomic mass is 32.2. The Morgan fingerprint density at radius 2 is 1.91 bits per heavy atom. The molecule has 0 radical (unpaired) electrons. The summed E-state index contributed by atoms with van der Waals surface area (Å²) in [6, 6.07) is 10.9. The zero-order valence-electron chi connectivity index (χ0n) is 17.1. The molecule has 0 bridgehead atoms. The van der Waals surface area contributed by atoms with Crippen molar-refractivity contribution in [3.8, 4) is 0 Å². The summed E-state index contributed by atoms with van der Waals surface area (Å²) in [5.74, 6) is -0.272. The molecule has 32 heavy (non-hydrogen) atoms. The van der Waals surface area contributed by atoms with Crippen molar-refractivity contribution in [2.45, 2.75) is 30.3 Å². The van der Waals surface area contributed by atoms with Gasteiger partial charge < -0.3 is 4.90 Å². The third-order valence-electron chi connectivity index (χ3n) is 5.94. The zero-order valence-corrected chi connectivity index (χ0v) is 18.7. The van der Waals surface area contributed by atoms with Gasteiger partial charge in [0.2, 0.25) is 5.91 Å². The number of anilines is 2. The fourth-order valence-corrected chi connectivity index (χ4v) is 6.12. The van der Waals surface area contributed by atoms with Crippen LogP contribution in [0.3, 0.4) is 0 Å². The molecule has 0 saturated carbocycles. The van der Waals surface area contributed by atoms with Crippen LogP contribution in [-0.2, 0) is 27.8 Å². The maximum absolute atomic E-state index is 13.6. The number of amides is 1. The minimum atomic E-state index is -3.74. The van der Waals surface area contributed by atoms with Gasteiger partial charge in [0.05, 0.1) is 10.9 Å². The van der Waals surface area contributed by atoms with Crippen LogP contribution in [0, 0.1) is 5.82 Å². The fraction of sp³-hybridized carbons (Fsp3) is 0.273. The second-order valence-electron chi connectivity index (χ2n) is 7.86. The van der Waals surface area contributed by atoms with Gasteiger partial charge in [-0.15, -0.1) is 11.3 Å². The van der Waals surface area contributed by atoms with E-state index in [4.69, 9.17) is 0 Å². The number of hydrogen-bond acceptors (Lipinski definition) is 6. The average molecular weight is 473 g/mol. The number of nitrogens with one attached hydrogen (secondary N) is 1. The maximum Gasteiger partial charge on any atom is 0.263 e. The molecule has 3 aromatic rings. The summed E-state index contributed by atoms with van der Waals surface area (Å²) in [4.78, 5) is 21.0. The molecule has 1 N–H and O–H groups in total. The van der Waals surface area contributed by atoms with E-state index in [1.165, 1.54) is 35.7 Å². The molecule has 3 heterocycles. The number of fused-ring (bicyclic) bond motifs is 1. The van der Waals surface area contributed by atoms with Gasteiger partial charge >= 0.3 is 0 Å². The quantitative estimate of drug-likeness (QED) is 0.617. The molecular formula is C22H21FN4O3S2. The first-order chi connectivity index (χ1) is 15.4. The van der Waals surface area contributed by atoms with E-state index in [2.05, 4.69) is 14.6 Å². The summed E-state index contributed by atoms with van der Waals surface area (Å²) in [5, 5.41) is 1.99. The van der Waals surface area contributed by atoms with Crippen LogP contribution in [0.1, 0.15) is 17.5 Å². The first kappa shape index (κ1) is 21.0. The van der Waals surface area contributed by atoms with Crippen molar-refractivity contribution in [1.29, 1.82) is 0 Å². The minimum absolute atomic E-state index is 0.0126. The van der Waals surface area contributed by atoms with E-state index in [9.17, 15) is 17.6 Å². The maximum atomic E-state index is 13.6. The fourth-order valence-electron chi connectivity index (χ4n) is 4.33. The van der Waals surface area contributed by atoms with Crippen LogP contribution >= 0.6 is 11.3 Å². The molecule has 1 atom stereocenters. The first-order valence-electron chi connectivity index (χ1n) is 10.3. The Balaban J connectivity index is 1.29. The lowest BCUT2D eigenvalue weighted by atomic mass is 9.98. The number of carbonyl (C=O) groups excluding carboxylic acids is 1. The van der Waals surface area contributed by atoms with E-state index in [-0.39, 0.29) is 22.7 Å². The Kier molecular flexibility index (Phi) is 5.44. The molecule has 10 heteroatoms. The monoisotopic (exact) mass is 472 g/mol. The molecule has 7 nitrogen and oxygen atoms in total. The molecule has 0 spiro atoms. The highest BCUT2D eigenvalue weighted by molar-refractivity contribution is 7.93. The Hall–Kier alpha value is -2.82. The molecule has 0 aliphatic carbocycles. The van der Waals surface area contributed by atoms with E-state index >= 15 is 0 Å².